The van der Waals surface area contributed by atoms with E-state index in [2.05, 4.69) is 50.8 Å². The molecule has 4 fully saturated rings. The molecule has 18 heteroatoms. The van der Waals surface area contributed by atoms with Gasteiger partial charge in [-0.25, -0.2) is 4.79 Å². The normalized spacial score (nSPS) is 18.6. The predicted octanol–water partition coefficient (Wildman–Crippen LogP) is 6.05. The van der Waals surface area contributed by atoms with Gasteiger partial charge in [-0.3, -0.25) is 43.2 Å². The Morgan fingerprint density at radius 2 is 1.19 bits per heavy atom. The molecule has 5 aliphatic heterocycles. The lowest BCUT2D eigenvalue weighted by atomic mass is 9.91. The zero-order valence-corrected chi connectivity index (χ0v) is 46.1. The number of unbranched alkanes of at least 4 members (excludes halogenated alkanes) is 1. The van der Waals surface area contributed by atoms with Crippen LogP contribution in [0.3, 0.4) is 0 Å². The number of fused-ring (bicyclic) bond motifs is 3. The van der Waals surface area contributed by atoms with Crippen LogP contribution >= 0.6 is 0 Å². The highest BCUT2D eigenvalue weighted by Crippen LogP contribution is 2.38. The number of amides is 5. The van der Waals surface area contributed by atoms with E-state index in [1.54, 1.807) is 36.1 Å². The summed E-state index contributed by atoms with van der Waals surface area (Å²) in [6, 6.07) is 28.7. The smallest absolute Gasteiger partial charge is 0.326 e. The number of rotatable bonds is 20. The number of aromatic amines is 1. The zero-order chi connectivity index (χ0) is 54.7. The number of anilines is 3. The van der Waals surface area contributed by atoms with Crippen LogP contribution < -0.4 is 31.9 Å². The van der Waals surface area contributed by atoms with Gasteiger partial charge >= 0.3 is 5.69 Å². The third-order valence-corrected chi connectivity index (χ3v) is 17.2. The Labute approximate surface area is 464 Å². The number of imidazole rings is 1. The van der Waals surface area contributed by atoms with Crippen molar-refractivity contribution in [3.8, 4) is 0 Å². The minimum atomic E-state index is -0.240. The zero-order valence-electron chi connectivity index (χ0n) is 46.1. The van der Waals surface area contributed by atoms with E-state index in [9.17, 15) is 28.8 Å². The number of likely N-dealkylation sites (tertiary alicyclic amines) is 3. The minimum absolute atomic E-state index is 0.0204. The summed E-state index contributed by atoms with van der Waals surface area (Å²) in [4.78, 5) is 96.1. The molecule has 0 aliphatic carbocycles. The molecule has 79 heavy (non-hydrogen) atoms. The van der Waals surface area contributed by atoms with E-state index in [4.69, 9.17) is 0 Å². The van der Waals surface area contributed by atoms with E-state index in [0.717, 1.165) is 141 Å². The average Bonchev–Trinajstić information content (AvgIpc) is 3.99. The summed E-state index contributed by atoms with van der Waals surface area (Å²) < 4.78 is 1.95. The maximum absolute atomic E-state index is 14.0. The molecule has 5 amide bonds. The van der Waals surface area contributed by atoms with Crippen LogP contribution in [0.15, 0.2) is 95.8 Å². The maximum Gasteiger partial charge on any atom is 0.326 e. The topological polar surface area (TPSA) is 191 Å². The second-order valence-corrected chi connectivity index (χ2v) is 22.3. The summed E-state index contributed by atoms with van der Waals surface area (Å²) in [5.74, 6) is -0.160. The number of nitrogens with one attached hydrogen (secondary N) is 5. The van der Waals surface area contributed by atoms with Gasteiger partial charge in [0.2, 0.25) is 11.8 Å². The van der Waals surface area contributed by atoms with Crippen molar-refractivity contribution in [1.29, 1.82) is 0 Å². The Morgan fingerprint density at radius 3 is 1.89 bits per heavy atom. The number of carbonyl (C=O) groups is 5. The Morgan fingerprint density at radius 1 is 0.595 bits per heavy atom. The molecule has 4 aromatic carbocycles. The van der Waals surface area contributed by atoms with E-state index in [0.29, 0.717) is 77.3 Å². The number of hydrogen-bond donors (Lipinski definition) is 5. The maximum atomic E-state index is 14.0. The lowest BCUT2D eigenvalue weighted by Gasteiger charge is -2.42. The van der Waals surface area contributed by atoms with Crippen molar-refractivity contribution in [2.24, 2.45) is 5.92 Å². The van der Waals surface area contributed by atoms with Gasteiger partial charge in [0.05, 0.1) is 40.2 Å². The van der Waals surface area contributed by atoms with Gasteiger partial charge in [-0.05, 0) is 144 Å². The van der Waals surface area contributed by atoms with E-state index in [1.807, 2.05) is 71.3 Å². The van der Waals surface area contributed by atoms with Gasteiger partial charge in [0.1, 0.15) is 0 Å². The Kier molecular flexibility index (Phi) is 18.7. The first-order valence-corrected chi connectivity index (χ1v) is 29.2. The number of hydrogen-bond acceptors (Lipinski definition) is 11. The van der Waals surface area contributed by atoms with Crippen LogP contribution in [0.25, 0.3) is 11.0 Å². The van der Waals surface area contributed by atoms with Crippen molar-refractivity contribution in [3.05, 3.63) is 124 Å². The second kappa shape index (κ2) is 26.5. The summed E-state index contributed by atoms with van der Waals surface area (Å²) in [6.07, 6.45) is 10.1. The monoisotopic (exact) mass is 1080 g/mol. The number of nitrogens with zero attached hydrogens (tertiary/aromatic N) is 7. The standard InChI is InChI=1S/C61H80N12O6/c1-2-56(74)64-42-45-39-46(58(76)62-24-33-68-29-20-48(21-30-68)71-31-22-49(23-32-71)72-54-16-7-5-14-52(54)66-61(72)79)41-47(40-45)59(77)63-25-34-69-37-35-67(36-38-69)26-10-9-11-44-18-27-70(28-19-44)43-57(75)73-53-15-6-3-12-50(53)60(78)65-51-13-4-8-17-55(51)73/h3-8,12-17,39-41,44,48-49H,2,9-11,18-38,42-43H2,1H3,(H,62,76)(H,63,77)(H,64,74)(H,65,78)(H,66,79). The van der Waals surface area contributed by atoms with E-state index >= 15 is 0 Å². The van der Waals surface area contributed by atoms with E-state index in [-0.39, 0.29) is 47.8 Å². The molecule has 1 aromatic heterocycles. The number of aromatic nitrogens is 2. The number of piperidine rings is 3. The molecule has 0 bridgehead atoms. The third kappa shape index (κ3) is 14.0. The number of carbonyl (C=O) groups excluding carboxylic acids is 5. The van der Waals surface area contributed by atoms with Gasteiger partial charge in [-0.15, -0.1) is 0 Å². The first-order chi connectivity index (χ1) is 38.6. The number of piperazine rings is 1. The van der Waals surface area contributed by atoms with E-state index < -0.39 is 0 Å². The van der Waals surface area contributed by atoms with Crippen LogP contribution in [0.2, 0.25) is 0 Å². The molecular weight excluding hydrogens is 997 g/mol. The van der Waals surface area contributed by atoms with E-state index in [1.165, 1.54) is 12.8 Å². The van der Waals surface area contributed by atoms with Crippen LogP contribution in [0.1, 0.15) is 114 Å². The lowest BCUT2D eigenvalue weighted by Crippen LogP contribution is -2.49. The Bertz CT molecular complexity index is 2980. The molecule has 0 saturated carbocycles. The first kappa shape index (κ1) is 55.6. The van der Waals surface area contributed by atoms with Gasteiger partial charge in [0, 0.05) is 102 Å². The van der Waals surface area contributed by atoms with Crippen molar-refractivity contribution in [1.82, 2.24) is 50.0 Å². The van der Waals surface area contributed by atoms with Crippen molar-refractivity contribution in [3.63, 3.8) is 0 Å². The van der Waals surface area contributed by atoms with Gasteiger partial charge in [0.25, 0.3) is 17.7 Å². The Hall–Kier alpha value is -6.70. The summed E-state index contributed by atoms with van der Waals surface area (Å²) in [5.41, 5.74) is 5.80. The van der Waals surface area contributed by atoms with Gasteiger partial charge in [0.15, 0.2) is 0 Å². The fourth-order valence-electron chi connectivity index (χ4n) is 12.6. The van der Waals surface area contributed by atoms with Crippen molar-refractivity contribution in [2.75, 3.05) is 115 Å². The van der Waals surface area contributed by atoms with Crippen LogP contribution in [0.4, 0.5) is 17.1 Å². The summed E-state index contributed by atoms with van der Waals surface area (Å²) >= 11 is 0. The molecule has 0 unspecified atom stereocenters. The molecule has 5 N–H and O–H groups in total. The van der Waals surface area contributed by atoms with Crippen molar-refractivity contribution >= 4 is 57.6 Å². The summed E-state index contributed by atoms with van der Waals surface area (Å²) in [7, 11) is 0. The third-order valence-electron chi connectivity index (χ3n) is 17.2. The summed E-state index contributed by atoms with van der Waals surface area (Å²) in [6.45, 7) is 15.4. The number of H-pyrrole nitrogens is 1. The SMILES string of the molecule is CCC(=O)NCc1cc(C(=O)NCCN2CCC(N3CCC(n4c(=O)[nH]c5ccccc54)CC3)CC2)cc(C(=O)NCCN2CCN(CCCCC3CCN(CC(=O)N4c5ccccc5NC(=O)c5ccccc54)CC3)CC2)c1. The highest BCUT2D eigenvalue weighted by molar-refractivity contribution is 6.18. The highest BCUT2D eigenvalue weighted by atomic mass is 16.2. The molecule has 0 spiro atoms. The molecule has 6 heterocycles. The molecule has 10 rings (SSSR count). The minimum Gasteiger partial charge on any atom is -0.352 e. The summed E-state index contributed by atoms with van der Waals surface area (Å²) in [5, 5.41) is 12.1. The van der Waals surface area contributed by atoms with Gasteiger partial charge in [-0.1, -0.05) is 56.2 Å². The first-order valence-electron chi connectivity index (χ1n) is 29.2. The lowest BCUT2D eigenvalue weighted by molar-refractivity contribution is -0.121. The van der Waals surface area contributed by atoms with Crippen molar-refractivity contribution < 1.29 is 24.0 Å². The molecule has 5 aliphatic rings. The number of para-hydroxylation sites is 5. The van der Waals surface area contributed by atoms with Gasteiger partial charge in [-0.2, -0.15) is 0 Å². The quantitative estimate of drug-likeness (QED) is 0.0571. The fourth-order valence-corrected chi connectivity index (χ4v) is 12.6. The Balaban J connectivity index is 0.603. The molecule has 0 radical (unpaired) electrons. The van der Waals surface area contributed by atoms with Crippen LogP contribution in [-0.4, -0.2) is 174 Å². The van der Waals surface area contributed by atoms with Crippen LogP contribution in [0, 0.1) is 5.92 Å². The highest BCUT2D eigenvalue weighted by Gasteiger charge is 2.33. The molecule has 4 saturated heterocycles. The second-order valence-electron chi connectivity index (χ2n) is 22.3. The molecular formula is C61H80N12O6. The number of benzene rings is 4. The van der Waals surface area contributed by atoms with Gasteiger partial charge < -0.3 is 41.0 Å². The van der Waals surface area contributed by atoms with Crippen molar-refractivity contribution in [2.45, 2.75) is 89.8 Å². The van der Waals surface area contributed by atoms with Crippen LogP contribution in [-0.2, 0) is 16.1 Å². The molecule has 18 nitrogen and oxygen atoms in total. The predicted molar refractivity (Wildman–Crippen MR) is 309 cm³/mol. The average molecular weight is 1080 g/mol. The molecule has 0 atom stereocenters. The van der Waals surface area contributed by atoms with Crippen LogP contribution in [0.5, 0.6) is 0 Å². The fraction of sp³-hybridized carbons (Fsp3) is 0.508. The molecule has 420 valence electrons. The molecule has 5 aromatic rings. The largest absolute Gasteiger partial charge is 0.352 e.